The van der Waals surface area contributed by atoms with Crippen molar-refractivity contribution in [2.24, 2.45) is 0 Å². The molecule has 2 bridgehead atoms. The highest BCUT2D eigenvalue weighted by Crippen LogP contribution is 2.26. The molecule has 0 aromatic heterocycles. The van der Waals surface area contributed by atoms with Crippen LogP contribution < -0.4 is 5.32 Å². The Labute approximate surface area is 95.9 Å². The van der Waals surface area contributed by atoms with Gasteiger partial charge < -0.3 is 10.1 Å². The average molecular weight is 228 g/mol. The van der Waals surface area contributed by atoms with E-state index in [4.69, 9.17) is 4.74 Å². The van der Waals surface area contributed by atoms with Crippen molar-refractivity contribution in [3.8, 4) is 0 Å². The number of hydrogen-bond donors (Lipinski definition) is 1. The fraction of sp³-hybridized carbons (Fsp3) is 1.00. The number of ether oxygens (including phenoxy) is 1. The standard InChI is InChI=1S/C11H20N2OS/c1-2-11-7-13(6-10(1)14-11)5-9-8-15-4-3-12-9/h9-12H,1-8H2. The van der Waals surface area contributed by atoms with Crippen LogP contribution in [0.15, 0.2) is 0 Å². The van der Waals surface area contributed by atoms with Crippen molar-refractivity contribution in [2.75, 3.05) is 37.7 Å². The molecule has 0 amide bonds. The van der Waals surface area contributed by atoms with Crippen LogP contribution >= 0.6 is 11.8 Å². The van der Waals surface area contributed by atoms with Gasteiger partial charge in [0.1, 0.15) is 0 Å². The summed E-state index contributed by atoms with van der Waals surface area (Å²) in [4.78, 5) is 2.61. The highest BCUT2D eigenvalue weighted by Gasteiger charge is 2.34. The summed E-state index contributed by atoms with van der Waals surface area (Å²) >= 11 is 2.09. The Kier molecular flexibility index (Phi) is 3.20. The molecule has 3 atom stereocenters. The minimum Gasteiger partial charge on any atom is -0.372 e. The first kappa shape index (κ1) is 10.4. The van der Waals surface area contributed by atoms with Crippen molar-refractivity contribution in [1.82, 2.24) is 10.2 Å². The topological polar surface area (TPSA) is 24.5 Å². The molecular formula is C11H20N2OS. The van der Waals surface area contributed by atoms with Gasteiger partial charge >= 0.3 is 0 Å². The Bertz CT molecular complexity index is 209. The van der Waals surface area contributed by atoms with Crippen LogP contribution in [-0.4, -0.2) is 60.8 Å². The van der Waals surface area contributed by atoms with Crippen LogP contribution in [0.1, 0.15) is 12.8 Å². The van der Waals surface area contributed by atoms with Gasteiger partial charge in [0, 0.05) is 43.7 Å². The average Bonchev–Trinajstić information content (AvgIpc) is 2.60. The zero-order valence-electron chi connectivity index (χ0n) is 9.15. The number of nitrogens with one attached hydrogen (secondary N) is 1. The van der Waals surface area contributed by atoms with E-state index in [1.165, 1.54) is 50.5 Å². The van der Waals surface area contributed by atoms with Gasteiger partial charge in [-0.1, -0.05) is 0 Å². The fourth-order valence-electron chi connectivity index (χ4n) is 2.90. The van der Waals surface area contributed by atoms with E-state index in [1.807, 2.05) is 0 Å². The minimum atomic E-state index is 0.542. The van der Waals surface area contributed by atoms with E-state index >= 15 is 0 Å². The monoisotopic (exact) mass is 228 g/mol. The molecule has 0 saturated carbocycles. The summed E-state index contributed by atoms with van der Waals surface area (Å²) in [5.74, 6) is 2.57. The molecule has 15 heavy (non-hydrogen) atoms. The molecule has 0 radical (unpaired) electrons. The van der Waals surface area contributed by atoms with Gasteiger partial charge in [-0.25, -0.2) is 0 Å². The summed E-state index contributed by atoms with van der Waals surface area (Å²) in [5.41, 5.74) is 0. The molecule has 3 rings (SSSR count). The summed E-state index contributed by atoms with van der Waals surface area (Å²) in [6, 6.07) is 0.709. The number of thioether (sulfide) groups is 1. The number of nitrogens with zero attached hydrogens (tertiary/aromatic N) is 1. The maximum Gasteiger partial charge on any atom is 0.0707 e. The quantitative estimate of drug-likeness (QED) is 0.746. The molecular weight excluding hydrogens is 208 g/mol. The van der Waals surface area contributed by atoms with Gasteiger partial charge in [-0.3, -0.25) is 4.90 Å². The van der Waals surface area contributed by atoms with E-state index in [0.29, 0.717) is 18.2 Å². The van der Waals surface area contributed by atoms with E-state index < -0.39 is 0 Å². The fourth-order valence-corrected chi connectivity index (χ4v) is 3.83. The zero-order chi connectivity index (χ0) is 10.1. The zero-order valence-corrected chi connectivity index (χ0v) is 9.97. The van der Waals surface area contributed by atoms with Crippen molar-refractivity contribution < 1.29 is 4.74 Å². The van der Waals surface area contributed by atoms with Gasteiger partial charge in [0.25, 0.3) is 0 Å². The second-order valence-electron chi connectivity index (χ2n) is 4.90. The molecule has 3 saturated heterocycles. The van der Waals surface area contributed by atoms with E-state index in [-0.39, 0.29) is 0 Å². The number of hydrogen-bond acceptors (Lipinski definition) is 4. The number of fused-ring (bicyclic) bond motifs is 2. The predicted molar refractivity (Wildman–Crippen MR) is 63.5 cm³/mol. The Morgan fingerprint density at radius 1 is 1.27 bits per heavy atom. The SMILES string of the molecule is C1CSCC(CN2CC3CCC(C2)O3)N1. The molecule has 86 valence electrons. The summed E-state index contributed by atoms with van der Waals surface area (Å²) < 4.78 is 5.85. The van der Waals surface area contributed by atoms with Crippen LogP contribution in [0.3, 0.4) is 0 Å². The largest absolute Gasteiger partial charge is 0.372 e. The van der Waals surface area contributed by atoms with E-state index in [0.717, 1.165) is 0 Å². The normalized spacial score (nSPS) is 42.0. The molecule has 0 aliphatic carbocycles. The first-order valence-electron chi connectivity index (χ1n) is 6.09. The first-order chi connectivity index (χ1) is 7.40. The number of morpholine rings is 1. The molecule has 3 nitrogen and oxygen atoms in total. The molecule has 0 aromatic rings. The van der Waals surface area contributed by atoms with Crippen LogP contribution in [-0.2, 0) is 4.74 Å². The molecule has 3 aliphatic rings. The number of rotatable bonds is 2. The lowest BCUT2D eigenvalue weighted by Crippen LogP contribution is -2.51. The summed E-state index contributed by atoms with van der Waals surface area (Å²) in [6.45, 7) is 4.74. The summed E-state index contributed by atoms with van der Waals surface area (Å²) in [6.07, 6.45) is 3.65. The third-order valence-corrected chi connectivity index (χ3v) is 4.73. The van der Waals surface area contributed by atoms with Gasteiger partial charge in [0.05, 0.1) is 12.2 Å². The van der Waals surface area contributed by atoms with Crippen LogP contribution in [0.4, 0.5) is 0 Å². The molecule has 3 heterocycles. The lowest BCUT2D eigenvalue weighted by Gasteiger charge is -2.35. The van der Waals surface area contributed by atoms with Crippen LogP contribution in [0, 0.1) is 0 Å². The van der Waals surface area contributed by atoms with Crippen molar-refractivity contribution in [3.63, 3.8) is 0 Å². The molecule has 1 N–H and O–H groups in total. The maximum absolute atomic E-state index is 5.85. The van der Waals surface area contributed by atoms with E-state index in [1.54, 1.807) is 0 Å². The first-order valence-corrected chi connectivity index (χ1v) is 7.24. The molecule has 0 aromatic carbocycles. The van der Waals surface area contributed by atoms with Crippen LogP contribution in [0.5, 0.6) is 0 Å². The van der Waals surface area contributed by atoms with Crippen LogP contribution in [0.25, 0.3) is 0 Å². The second-order valence-corrected chi connectivity index (χ2v) is 6.05. The minimum absolute atomic E-state index is 0.542. The maximum atomic E-state index is 5.85. The van der Waals surface area contributed by atoms with Gasteiger partial charge in [0.15, 0.2) is 0 Å². The Hall–Kier alpha value is 0.230. The summed E-state index contributed by atoms with van der Waals surface area (Å²) in [5, 5.41) is 3.61. The third kappa shape index (κ3) is 2.49. The van der Waals surface area contributed by atoms with Gasteiger partial charge in [-0.05, 0) is 12.8 Å². The van der Waals surface area contributed by atoms with Gasteiger partial charge in [-0.2, -0.15) is 11.8 Å². The Morgan fingerprint density at radius 3 is 2.73 bits per heavy atom. The van der Waals surface area contributed by atoms with Crippen molar-refractivity contribution in [3.05, 3.63) is 0 Å². The lowest BCUT2D eigenvalue weighted by atomic mass is 10.2. The smallest absolute Gasteiger partial charge is 0.0707 e. The van der Waals surface area contributed by atoms with E-state index in [9.17, 15) is 0 Å². The Balaban J connectivity index is 1.50. The molecule has 3 aliphatic heterocycles. The summed E-state index contributed by atoms with van der Waals surface area (Å²) in [7, 11) is 0. The second kappa shape index (κ2) is 4.62. The van der Waals surface area contributed by atoms with Gasteiger partial charge in [0.2, 0.25) is 0 Å². The van der Waals surface area contributed by atoms with E-state index in [2.05, 4.69) is 22.0 Å². The number of likely N-dealkylation sites (tertiary alicyclic amines) is 1. The third-order valence-electron chi connectivity index (χ3n) is 3.60. The predicted octanol–water partition coefficient (Wildman–Crippen LogP) is 0.555. The van der Waals surface area contributed by atoms with Crippen molar-refractivity contribution in [2.45, 2.75) is 31.1 Å². The lowest BCUT2D eigenvalue weighted by molar-refractivity contribution is -0.0400. The molecule has 0 spiro atoms. The molecule has 4 heteroatoms. The van der Waals surface area contributed by atoms with Crippen molar-refractivity contribution >= 4 is 11.8 Å². The molecule has 3 unspecified atom stereocenters. The molecule has 3 fully saturated rings. The van der Waals surface area contributed by atoms with Gasteiger partial charge in [-0.15, -0.1) is 0 Å². The highest BCUT2D eigenvalue weighted by atomic mass is 32.2. The van der Waals surface area contributed by atoms with Crippen molar-refractivity contribution in [1.29, 1.82) is 0 Å². The van der Waals surface area contributed by atoms with Crippen LogP contribution in [0.2, 0.25) is 0 Å². The Morgan fingerprint density at radius 2 is 2.07 bits per heavy atom. The highest BCUT2D eigenvalue weighted by molar-refractivity contribution is 7.99.